The molecule has 0 aromatic carbocycles. The van der Waals surface area contributed by atoms with Crippen molar-refractivity contribution in [1.82, 2.24) is 10.6 Å². The van der Waals surface area contributed by atoms with E-state index in [1.54, 1.807) is 0 Å². The highest BCUT2D eigenvalue weighted by Crippen LogP contribution is 2.13. The van der Waals surface area contributed by atoms with E-state index >= 15 is 0 Å². The Bertz CT molecular complexity index is 219. The van der Waals surface area contributed by atoms with Crippen molar-refractivity contribution >= 4 is 11.8 Å². The lowest BCUT2D eigenvalue weighted by Gasteiger charge is -2.16. The summed E-state index contributed by atoms with van der Waals surface area (Å²) in [6, 6.07) is -0.263. The van der Waals surface area contributed by atoms with Gasteiger partial charge in [0.05, 0.1) is 6.54 Å². The molecule has 0 saturated carbocycles. The minimum atomic E-state index is -0.392. The summed E-state index contributed by atoms with van der Waals surface area (Å²) in [4.78, 5) is 22.6. The van der Waals surface area contributed by atoms with Gasteiger partial charge in [0.1, 0.15) is 0 Å². The van der Waals surface area contributed by atoms with Crippen LogP contribution in [0.2, 0.25) is 0 Å². The zero-order valence-corrected chi connectivity index (χ0v) is 10.1. The van der Waals surface area contributed by atoms with Crippen LogP contribution in [0.25, 0.3) is 0 Å². The lowest BCUT2D eigenvalue weighted by molar-refractivity contribution is -0.125. The third-order valence-corrected chi connectivity index (χ3v) is 2.06. The molecule has 0 aliphatic heterocycles. The second kappa shape index (κ2) is 6.43. The van der Waals surface area contributed by atoms with Crippen molar-refractivity contribution in [1.29, 1.82) is 0 Å². The fourth-order valence-electron chi connectivity index (χ4n) is 0.867. The first-order valence-electron chi connectivity index (χ1n) is 5.43. The van der Waals surface area contributed by atoms with Crippen LogP contribution in [0.15, 0.2) is 0 Å². The molecule has 0 radical (unpaired) electrons. The highest BCUT2D eigenvalue weighted by molar-refractivity contribution is 5.88. The van der Waals surface area contributed by atoms with E-state index < -0.39 is 5.41 Å². The van der Waals surface area contributed by atoms with Crippen LogP contribution in [0, 0.1) is 5.41 Å². The maximum absolute atomic E-state index is 11.5. The van der Waals surface area contributed by atoms with Gasteiger partial charge in [0.2, 0.25) is 0 Å². The zero-order valence-electron chi connectivity index (χ0n) is 10.1. The Balaban J connectivity index is 3.67. The molecule has 0 saturated heterocycles. The molecule has 0 aliphatic rings. The lowest BCUT2D eigenvalue weighted by atomic mass is 9.91. The average molecular weight is 214 g/mol. The zero-order chi connectivity index (χ0) is 11.9. The van der Waals surface area contributed by atoms with E-state index in [1.165, 1.54) is 0 Å². The van der Waals surface area contributed by atoms with E-state index in [0.717, 1.165) is 12.8 Å². The summed E-state index contributed by atoms with van der Waals surface area (Å²) < 4.78 is 0. The van der Waals surface area contributed by atoms with Crippen LogP contribution in [0.1, 0.15) is 40.5 Å². The summed E-state index contributed by atoms with van der Waals surface area (Å²) in [6.45, 7) is 8.33. The van der Waals surface area contributed by atoms with Gasteiger partial charge in [0, 0.05) is 12.0 Å². The highest BCUT2D eigenvalue weighted by atomic mass is 16.2. The second-order valence-corrected chi connectivity index (χ2v) is 4.64. The quantitative estimate of drug-likeness (QED) is 0.684. The van der Waals surface area contributed by atoms with Gasteiger partial charge in [0.15, 0.2) is 5.78 Å². The molecule has 0 rings (SSSR count). The molecule has 0 spiro atoms. The number of Topliss-reactive ketones (excluding diaryl/α,β-unsaturated/α-hetero) is 1. The maximum Gasteiger partial charge on any atom is 0.315 e. The van der Waals surface area contributed by atoms with Crippen molar-refractivity contribution in [2.75, 3.05) is 13.1 Å². The van der Waals surface area contributed by atoms with E-state index in [0.29, 0.717) is 6.54 Å². The molecule has 2 N–H and O–H groups in total. The Labute approximate surface area is 91.8 Å². The van der Waals surface area contributed by atoms with Gasteiger partial charge < -0.3 is 10.6 Å². The summed E-state index contributed by atoms with van der Waals surface area (Å²) in [5.41, 5.74) is -0.392. The molecule has 4 heteroatoms. The van der Waals surface area contributed by atoms with Gasteiger partial charge in [0.25, 0.3) is 0 Å². The van der Waals surface area contributed by atoms with E-state index in [1.807, 2.05) is 20.8 Å². The molecular weight excluding hydrogens is 192 g/mol. The predicted octanol–water partition coefficient (Wildman–Crippen LogP) is 1.70. The summed E-state index contributed by atoms with van der Waals surface area (Å²) in [6.07, 6.45) is 2.00. The summed E-state index contributed by atoms with van der Waals surface area (Å²) >= 11 is 0. The summed E-state index contributed by atoms with van der Waals surface area (Å²) in [5.74, 6) is 0.0353. The molecule has 15 heavy (non-hydrogen) atoms. The van der Waals surface area contributed by atoms with Crippen molar-refractivity contribution in [3.63, 3.8) is 0 Å². The molecule has 0 atom stereocenters. The number of hydrogen-bond donors (Lipinski definition) is 2. The second-order valence-electron chi connectivity index (χ2n) is 4.64. The van der Waals surface area contributed by atoms with Crippen LogP contribution >= 0.6 is 0 Å². The van der Waals surface area contributed by atoms with Crippen LogP contribution in [0.4, 0.5) is 4.79 Å². The minimum absolute atomic E-state index is 0.0353. The molecule has 0 aliphatic carbocycles. The Morgan fingerprint density at radius 3 is 2.20 bits per heavy atom. The van der Waals surface area contributed by atoms with Gasteiger partial charge in [-0.05, 0) is 6.42 Å². The molecular formula is C11H22N2O2. The topological polar surface area (TPSA) is 58.2 Å². The molecule has 4 nitrogen and oxygen atoms in total. The number of unbranched alkanes of at least 4 members (excludes halogenated alkanes) is 1. The van der Waals surface area contributed by atoms with Crippen molar-refractivity contribution < 1.29 is 9.59 Å². The number of hydrogen-bond acceptors (Lipinski definition) is 2. The Hall–Kier alpha value is -1.06. The molecule has 0 fully saturated rings. The third-order valence-electron chi connectivity index (χ3n) is 2.06. The third kappa shape index (κ3) is 6.94. The fraction of sp³-hybridized carbons (Fsp3) is 0.818. The first kappa shape index (κ1) is 13.9. The molecule has 0 aromatic rings. The monoisotopic (exact) mass is 214 g/mol. The largest absolute Gasteiger partial charge is 0.338 e. The van der Waals surface area contributed by atoms with Crippen molar-refractivity contribution in [3.8, 4) is 0 Å². The Morgan fingerprint density at radius 2 is 1.73 bits per heavy atom. The van der Waals surface area contributed by atoms with Crippen molar-refractivity contribution in [2.24, 2.45) is 5.41 Å². The van der Waals surface area contributed by atoms with E-state index in [4.69, 9.17) is 0 Å². The molecule has 0 bridgehead atoms. The van der Waals surface area contributed by atoms with Crippen LogP contribution in [0.5, 0.6) is 0 Å². The minimum Gasteiger partial charge on any atom is -0.338 e. The molecule has 88 valence electrons. The number of carbonyl (C=O) groups excluding carboxylic acids is 2. The number of carbonyl (C=O) groups is 2. The van der Waals surface area contributed by atoms with Crippen LogP contribution in [-0.2, 0) is 4.79 Å². The molecule has 0 unspecified atom stereocenters. The molecule has 0 aromatic heterocycles. The number of ketones is 1. The smallest absolute Gasteiger partial charge is 0.315 e. The van der Waals surface area contributed by atoms with E-state index in [2.05, 4.69) is 17.6 Å². The first-order chi connectivity index (χ1) is 6.88. The van der Waals surface area contributed by atoms with Gasteiger partial charge in [-0.25, -0.2) is 4.79 Å². The Kier molecular flexibility index (Phi) is 5.97. The first-order valence-corrected chi connectivity index (χ1v) is 5.43. The Morgan fingerprint density at radius 1 is 1.13 bits per heavy atom. The number of nitrogens with one attached hydrogen (secondary N) is 2. The maximum atomic E-state index is 11.5. The van der Waals surface area contributed by atoms with Crippen molar-refractivity contribution in [3.05, 3.63) is 0 Å². The van der Waals surface area contributed by atoms with Crippen LogP contribution < -0.4 is 10.6 Å². The van der Waals surface area contributed by atoms with E-state index in [9.17, 15) is 9.59 Å². The van der Waals surface area contributed by atoms with Gasteiger partial charge >= 0.3 is 6.03 Å². The van der Waals surface area contributed by atoms with Crippen LogP contribution in [-0.4, -0.2) is 24.9 Å². The SMILES string of the molecule is CCCCNC(=O)NCC(=O)C(C)(C)C. The molecule has 2 amide bonds. The fourth-order valence-corrected chi connectivity index (χ4v) is 0.867. The van der Waals surface area contributed by atoms with Gasteiger partial charge in [-0.2, -0.15) is 0 Å². The van der Waals surface area contributed by atoms with Gasteiger partial charge in [-0.15, -0.1) is 0 Å². The standard InChI is InChI=1S/C11H22N2O2/c1-5-6-7-12-10(15)13-8-9(14)11(2,3)4/h5-8H2,1-4H3,(H2,12,13,15). The van der Waals surface area contributed by atoms with E-state index in [-0.39, 0.29) is 18.4 Å². The average Bonchev–Trinajstić information content (AvgIpc) is 2.13. The predicted molar refractivity (Wildman–Crippen MR) is 60.8 cm³/mol. The van der Waals surface area contributed by atoms with Crippen LogP contribution in [0.3, 0.4) is 0 Å². The normalized spacial score (nSPS) is 10.9. The highest BCUT2D eigenvalue weighted by Gasteiger charge is 2.20. The molecule has 0 heterocycles. The number of rotatable bonds is 5. The number of amides is 2. The summed E-state index contributed by atoms with van der Waals surface area (Å²) in [7, 11) is 0. The number of urea groups is 1. The van der Waals surface area contributed by atoms with Gasteiger partial charge in [-0.1, -0.05) is 34.1 Å². The van der Waals surface area contributed by atoms with Gasteiger partial charge in [-0.3, -0.25) is 4.79 Å². The summed E-state index contributed by atoms with van der Waals surface area (Å²) in [5, 5.41) is 5.24. The van der Waals surface area contributed by atoms with Crippen molar-refractivity contribution in [2.45, 2.75) is 40.5 Å². The lowest BCUT2D eigenvalue weighted by Crippen LogP contribution is -2.41.